The fourth-order valence-corrected chi connectivity index (χ4v) is 6.68. The lowest BCUT2D eigenvalue weighted by Gasteiger charge is -2.21. The van der Waals surface area contributed by atoms with Gasteiger partial charge in [0.25, 0.3) is 5.69 Å². The monoisotopic (exact) mass is 577 g/mol. The normalized spacial score (nSPS) is 11.7. The number of hydrogen-bond acceptors (Lipinski definition) is 5. The zero-order valence-corrected chi connectivity index (χ0v) is 23.3. The molecule has 0 unspecified atom stereocenters. The van der Waals surface area contributed by atoms with Crippen molar-refractivity contribution in [2.45, 2.75) is 17.9 Å². The lowest BCUT2D eigenvalue weighted by Crippen LogP contribution is -2.33. The van der Waals surface area contributed by atoms with Gasteiger partial charge in [-0.1, -0.05) is 91.0 Å². The van der Waals surface area contributed by atoms with Crippen LogP contribution < -0.4 is 0 Å². The maximum atomic E-state index is 14.1. The van der Waals surface area contributed by atoms with Crippen molar-refractivity contribution in [1.82, 2.24) is 19.3 Å². The number of nitrogens with one attached hydrogen (secondary N) is 2. The number of nitrogens with zero attached hydrogens (tertiary/aromatic N) is 3. The molecule has 0 amide bonds. The number of rotatable bonds is 10. The highest BCUT2D eigenvalue weighted by Crippen LogP contribution is 2.32. The van der Waals surface area contributed by atoms with E-state index in [9.17, 15) is 18.5 Å². The Labute approximate surface area is 242 Å². The Kier molecular flexibility index (Phi) is 7.39. The minimum Gasteiger partial charge on any atom is -0.361 e. The third kappa shape index (κ3) is 5.32. The van der Waals surface area contributed by atoms with Gasteiger partial charge in [-0.25, -0.2) is 13.4 Å². The van der Waals surface area contributed by atoms with Crippen LogP contribution in [0.3, 0.4) is 0 Å². The number of benzene rings is 4. The molecule has 0 spiro atoms. The molecule has 0 bridgehead atoms. The van der Waals surface area contributed by atoms with Crippen LogP contribution in [-0.2, 0) is 23.0 Å². The second kappa shape index (κ2) is 11.4. The summed E-state index contributed by atoms with van der Waals surface area (Å²) in [5.41, 5.74) is 4.67. The van der Waals surface area contributed by atoms with E-state index in [2.05, 4.69) is 9.97 Å². The van der Waals surface area contributed by atoms with E-state index in [1.807, 2.05) is 91.1 Å². The molecule has 10 heteroatoms. The fourth-order valence-electron chi connectivity index (χ4n) is 5.12. The summed E-state index contributed by atoms with van der Waals surface area (Å²) in [7, 11) is -4.29. The van der Waals surface area contributed by atoms with Crippen molar-refractivity contribution in [3.8, 4) is 22.5 Å². The number of para-hydroxylation sites is 2. The summed E-state index contributed by atoms with van der Waals surface area (Å²) >= 11 is 0. The smallest absolute Gasteiger partial charge is 0.289 e. The van der Waals surface area contributed by atoms with E-state index in [0.29, 0.717) is 17.9 Å². The van der Waals surface area contributed by atoms with Crippen molar-refractivity contribution in [3.63, 3.8) is 0 Å². The van der Waals surface area contributed by atoms with Crippen LogP contribution in [0.4, 0.5) is 5.69 Å². The number of aromatic amines is 2. The van der Waals surface area contributed by atoms with Crippen molar-refractivity contribution >= 4 is 26.6 Å². The van der Waals surface area contributed by atoms with Gasteiger partial charge in [-0.3, -0.25) is 10.1 Å². The molecule has 0 aliphatic heterocycles. The topological polar surface area (TPSA) is 125 Å². The number of nitro groups is 1. The van der Waals surface area contributed by atoms with Gasteiger partial charge in [0.1, 0.15) is 5.82 Å². The maximum absolute atomic E-state index is 14.1. The average molecular weight is 578 g/mol. The number of H-pyrrole nitrogens is 2. The summed E-state index contributed by atoms with van der Waals surface area (Å²) in [4.78, 5) is 22.2. The van der Waals surface area contributed by atoms with Crippen LogP contribution in [0.25, 0.3) is 33.4 Å². The van der Waals surface area contributed by atoms with E-state index in [4.69, 9.17) is 4.98 Å². The van der Waals surface area contributed by atoms with Crippen LogP contribution in [0.2, 0.25) is 0 Å². The van der Waals surface area contributed by atoms with Gasteiger partial charge >= 0.3 is 0 Å². The highest BCUT2D eigenvalue weighted by atomic mass is 32.2. The molecular formula is C32H27N5O4S. The molecule has 0 aliphatic carbocycles. The van der Waals surface area contributed by atoms with Crippen LogP contribution in [-0.4, -0.2) is 39.1 Å². The first-order valence-corrected chi connectivity index (χ1v) is 14.8. The van der Waals surface area contributed by atoms with Crippen molar-refractivity contribution in [1.29, 1.82) is 0 Å². The third-order valence-corrected chi connectivity index (χ3v) is 9.07. The van der Waals surface area contributed by atoms with E-state index < -0.39 is 20.6 Å². The highest BCUT2D eigenvalue weighted by molar-refractivity contribution is 7.89. The number of fused-ring (bicyclic) bond motifs is 1. The molecule has 9 nitrogen and oxygen atoms in total. The van der Waals surface area contributed by atoms with Crippen LogP contribution in [0.5, 0.6) is 0 Å². The van der Waals surface area contributed by atoms with Crippen LogP contribution in [0.1, 0.15) is 11.4 Å². The lowest BCUT2D eigenvalue weighted by molar-refractivity contribution is -0.387. The van der Waals surface area contributed by atoms with Crippen molar-refractivity contribution in [2.75, 3.05) is 6.54 Å². The minimum atomic E-state index is -4.29. The molecule has 42 heavy (non-hydrogen) atoms. The summed E-state index contributed by atoms with van der Waals surface area (Å²) in [5, 5.41) is 12.8. The molecule has 0 radical (unpaired) electrons. The van der Waals surface area contributed by atoms with E-state index in [1.54, 1.807) is 0 Å². The molecule has 2 N–H and O–H groups in total. The van der Waals surface area contributed by atoms with E-state index in [-0.39, 0.29) is 18.0 Å². The second-order valence-electron chi connectivity index (χ2n) is 9.81. The van der Waals surface area contributed by atoms with Gasteiger partial charge in [0.15, 0.2) is 4.90 Å². The second-order valence-corrected chi connectivity index (χ2v) is 11.7. The van der Waals surface area contributed by atoms with Crippen molar-refractivity contribution < 1.29 is 13.3 Å². The fraction of sp³-hybridized carbons (Fsp3) is 0.0938. The third-order valence-electron chi connectivity index (χ3n) is 7.17. The standard InChI is InChI=1S/C32H27N5O4S/c38-37(39)28-17-9-10-18-29(28)42(40,41)36(20-19-25-21-33-27-16-8-7-15-26(25)27)22-30-34-31(23-11-3-1-4-12-23)32(35-30)24-13-5-2-6-14-24/h1-18,21,33H,19-20,22H2,(H,34,35). The first-order chi connectivity index (χ1) is 20.4. The first-order valence-electron chi connectivity index (χ1n) is 13.4. The van der Waals surface area contributed by atoms with Gasteiger partial charge in [0.05, 0.1) is 22.9 Å². The lowest BCUT2D eigenvalue weighted by atomic mass is 10.1. The first kappa shape index (κ1) is 27.1. The Hall–Kier alpha value is -5.06. The molecule has 0 saturated heterocycles. The summed E-state index contributed by atoms with van der Waals surface area (Å²) in [5.74, 6) is 0.425. The Morgan fingerprint density at radius 2 is 1.45 bits per heavy atom. The van der Waals surface area contributed by atoms with E-state index in [0.717, 1.165) is 33.3 Å². The Morgan fingerprint density at radius 1 is 0.810 bits per heavy atom. The molecule has 4 aromatic carbocycles. The minimum absolute atomic E-state index is 0.0816. The Bertz CT molecular complexity index is 1910. The zero-order valence-electron chi connectivity index (χ0n) is 22.5. The molecule has 6 rings (SSSR count). The molecular weight excluding hydrogens is 550 g/mol. The van der Waals surface area contributed by atoms with Crippen LogP contribution in [0.15, 0.2) is 120 Å². The summed E-state index contributed by atoms with van der Waals surface area (Å²) in [6.45, 7) is -0.0261. The number of nitro benzene ring substituents is 1. The van der Waals surface area contributed by atoms with E-state index >= 15 is 0 Å². The molecule has 2 aromatic heterocycles. The van der Waals surface area contributed by atoms with Crippen LogP contribution in [0, 0.1) is 10.1 Å². The van der Waals surface area contributed by atoms with Gasteiger partial charge in [-0.2, -0.15) is 4.31 Å². The van der Waals surface area contributed by atoms with Crippen molar-refractivity contribution in [3.05, 3.63) is 137 Å². The predicted molar refractivity (Wildman–Crippen MR) is 162 cm³/mol. The van der Waals surface area contributed by atoms with Crippen molar-refractivity contribution in [2.24, 2.45) is 0 Å². The van der Waals surface area contributed by atoms with Gasteiger partial charge in [0, 0.05) is 40.8 Å². The SMILES string of the molecule is O=[N+]([O-])c1ccccc1S(=O)(=O)N(CCc1c[nH]c2ccccc12)Cc1nc(-c2ccccc2)c(-c2ccccc2)[nH]1. The summed E-state index contributed by atoms with van der Waals surface area (Å²) in [6, 6.07) is 32.6. The Morgan fingerprint density at radius 3 is 2.19 bits per heavy atom. The van der Waals surface area contributed by atoms with E-state index in [1.165, 1.54) is 28.6 Å². The molecule has 0 atom stereocenters. The largest absolute Gasteiger partial charge is 0.361 e. The molecule has 6 aromatic rings. The molecule has 0 saturated carbocycles. The summed E-state index contributed by atoms with van der Waals surface area (Å²) < 4.78 is 29.4. The highest BCUT2D eigenvalue weighted by Gasteiger charge is 2.32. The Balaban J connectivity index is 1.42. The predicted octanol–water partition coefficient (Wildman–Crippen LogP) is 6.57. The van der Waals surface area contributed by atoms with Gasteiger partial charge in [-0.15, -0.1) is 0 Å². The molecule has 2 heterocycles. The van der Waals surface area contributed by atoms with Gasteiger partial charge in [0.2, 0.25) is 10.0 Å². The number of aromatic nitrogens is 3. The van der Waals surface area contributed by atoms with Gasteiger partial charge in [-0.05, 0) is 24.1 Å². The molecule has 0 aliphatic rings. The average Bonchev–Trinajstić information content (AvgIpc) is 3.64. The van der Waals surface area contributed by atoms with Gasteiger partial charge < -0.3 is 9.97 Å². The number of sulfonamides is 1. The number of hydrogen-bond donors (Lipinski definition) is 2. The zero-order chi connectivity index (χ0) is 29.1. The quantitative estimate of drug-likeness (QED) is 0.141. The van der Waals surface area contributed by atoms with Crippen LogP contribution >= 0.6 is 0 Å². The summed E-state index contributed by atoms with van der Waals surface area (Å²) in [6.07, 6.45) is 2.26. The molecule has 210 valence electrons. The molecule has 0 fully saturated rings. The number of imidazole rings is 1. The maximum Gasteiger partial charge on any atom is 0.289 e.